The van der Waals surface area contributed by atoms with Crippen molar-refractivity contribution in [3.05, 3.63) is 0 Å². The van der Waals surface area contributed by atoms with E-state index in [0.29, 0.717) is 25.7 Å². The third kappa shape index (κ3) is 82.1. The van der Waals surface area contributed by atoms with Gasteiger partial charge in [0.05, 0.1) is 26.4 Å². The first-order valence-electron chi connectivity index (χ1n) is 46.1. The zero-order valence-corrected chi connectivity index (χ0v) is 72.8. The van der Waals surface area contributed by atoms with Gasteiger partial charge in [-0.15, -0.1) is 0 Å². The van der Waals surface area contributed by atoms with Crippen molar-refractivity contribution in [3.63, 3.8) is 0 Å². The third-order valence-corrected chi connectivity index (χ3v) is 22.9. The number of hydrogen-bond acceptors (Lipinski definition) is 15. The van der Waals surface area contributed by atoms with Gasteiger partial charge in [0.2, 0.25) is 0 Å². The van der Waals surface area contributed by atoms with Crippen molar-refractivity contribution in [2.24, 2.45) is 5.92 Å². The summed E-state index contributed by atoms with van der Waals surface area (Å²) in [5.74, 6) is -1.32. The highest BCUT2D eigenvalue weighted by Gasteiger charge is 2.30. The lowest BCUT2D eigenvalue weighted by Gasteiger charge is -2.21. The summed E-state index contributed by atoms with van der Waals surface area (Å²) in [5, 5.41) is 10.7. The standard InChI is InChI=1S/C89H174O17P2/c1-6-9-12-15-18-21-24-27-29-31-33-35-37-39-41-43-49-54-59-64-69-74-88(93)105-85(79-100-87(92)73-68-63-58-53-48-42-40-38-36-34-32-30-28-25-22-19-16-13-10-7-2)81-104-108(97,98)102-77-83(90)76-101-107(95,96)103-80-84(78-99-86(91)72-67-62-57-52-47-26-23-20-17-14-11-8-3)106-89(94)75-70-65-60-55-50-45-44-46-51-56-61-66-71-82(4)5/h82-85,90H,6-81H2,1-5H3,(H,95,96)(H,97,98)/t83-,84+,85+/m0/s1. The molecule has 0 fully saturated rings. The number of ether oxygens (including phenoxy) is 4. The summed E-state index contributed by atoms with van der Waals surface area (Å²) in [6, 6.07) is 0. The summed E-state index contributed by atoms with van der Waals surface area (Å²) in [6.07, 6.45) is 76.4. The lowest BCUT2D eigenvalue weighted by Crippen LogP contribution is -2.30. The van der Waals surface area contributed by atoms with Crippen LogP contribution in [0.2, 0.25) is 0 Å². The Balaban J connectivity index is 5.24. The SMILES string of the molecule is CCCCCCCCCCCCCCCCCCCCCCCC(=O)O[C@H](COC(=O)CCCCCCCCCCCCCCCCCCCCCC)COP(=O)(O)OC[C@@H](O)COP(=O)(O)OC[C@@H](COC(=O)CCCCCCCCCCCCCC)OC(=O)CCCCCCCCCCCCCCC(C)C. The molecule has 0 amide bonds. The van der Waals surface area contributed by atoms with Crippen molar-refractivity contribution >= 4 is 39.5 Å². The molecule has 108 heavy (non-hydrogen) atoms. The first-order valence-corrected chi connectivity index (χ1v) is 49.1. The molecule has 2 unspecified atom stereocenters. The van der Waals surface area contributed by atoms with Crippen LogP contribution in [-0.4, -0.2) is 96.7 Å². The molecule has 0 radical (unpaired) electrons. The molecule has 0 aliphatic rings. The van der Waals surface area contributed by atoms with E-state index in [9.17, 15) is 43.2 Å². The molecule has 0 aliphatic carbocycles. The molecule has 0 heterocycles. The number of aliphatic hydroxyl groups is 1. The molecule has 642 valence electrons. The smallest absolute Gasteiger partial charge is 0.462 e. The van der Waals surface area contributed by atoms with Crippen molar-refractivity contribution in [1.82, 2.24) is 0 Å². The molecule has 0 saturated heterocycles. The third-order valence-electron chi connectivity index (χ3n) is 21.0. The Labute approximate surface area is 664 Å². The molecule has 0 saturated carbocycles. The van der Waals surface area contributed by atoms with Crippen LogP contribution in [0.15, 0.2) is 0 Å². The molecule has 0 spiro atoms. The summed E-state index contributed by atoms with van der Waals surface area (Å²) in [5.41, 5.74) is 0. The first kappa shape index (κ1) is 106. The van der Waals surface area contributed by atoms with Crippen LogP contribution < -0.4 is 0 Å². The molecule has 0 aromatic rings. The summed E-state index contributed by atoms with van der Waals surface area (Å²) in [7, 11) is -9.93. The van der Waals surface area contributed by atoms with E-state index in [1.54, 1.807) is 0 Å². The van der Waals surface area contributed by atoms with E-state index in [0.717, 1.165) is 95.8 Å². The number of carbonyl (C=O) groups is 4. The number of rotatable bonds is 89. The van der Waals surface area contributed by atoms with E-state index in [4.69, 9.17) is 37.0 Å². The van der Waals surface area contributed by atoms with Gasteiger partial charge in [0.15, 0.2) is 12.2 Å². The second-order valence-corrected chi connectivity index (χ2v) is 35.4. The number of hydrogen-bond donors (Lipinski definition) is 3. The summed E-state index contributed by atoms with van der Waals surface area (Å²) in [4.78, 5) is 73.3. The van der Waals surface area contributed by atoms with Crippen LogP contribution in [-0.2, 0) is 65.4 Å². The molecule has 0 rings (SSSR count). The minimum atomic E-state index is -4.97. The Morgan fingerprint density at radius 3 is 0.630 bits per heavy atom. The molecule has 19 heteroatoms. The fourth-order valence-corrected chi connectivity index (χ4v) is 15.6. The Kier molecular flexibility index (Phi) is 80.2. The van der Waals surface area contributed by atoms with Gasteiger partial charge in [0.1, 0.15) is 19.3 Å². The largest absolute Gasteiger partial charge is 0.472 e. The number of phosphoric acid groups is 2. The molecule has 17 nitrogen and oxygen atoms in total. The van der Waals surface area contributed by atoms with Crippen molar-refractivity contribution in [2.45, 2.75) is 502 Å². The molecule has 0 aliphatic heterocycles. The molecule has 5 atom stereocenters. The van der Waals surface area contributed by atoms with Gasteiger partial charge in [0.25, 0.3) is 0 Å². The quantitative estimate of drug-likeness (QED) is 0.0222. The van der Waals surface area contributed by atoms with E-state index >= 15 is 0 Å². The highest BCUT2D eigenvalue weighted by molar-refractivity contribution is 7.47. The summed E-state index contributed by atoms with van der Waals surface area (Å²) < 4.78 is 69.0. The summed E-state index contributed by atoms with van der Waals surface area (Å²) >= 11 is 0. The zero-order valence-electron chi connectivity index (χ0n) is 71.0. The molecular weight excluding hydrogens is 1400 g/mol. The van der Waals surface area contributed by atoms with E-state index in [-0.39, 0.29) is 25.7 Å². The highest BCUT2D eigenvalue weighted by Crippen LogP contribution is 2.45. The highest BCUT2D eigenvalue weighted by atomic mass is 31.2. The topological polar surface area (TPSA) is 237 Å². The Hall–Kier alpha value is -1.94. The van der Waals surface area contributed by atoms with Gasteiger partial charge in [-0.3, -0.25) is 37.3 Å². The van der Waals surface area contributed by atoms with Gasteiger partial charge >= 0.3 is 39.5 Å². The van der Waals surface area contributed by atoms with Gasteiger partial charge in [-0.25, -0.2) is 9.13 Å². The molecule has 0 bridgehead atoms. The predicted molar refractivity (Wildman–Crippen MR) is 446 cm³/mol. The van der Waals surface area contributed by atoms with Gasteiger partial charge < -0.3 is 33.8 Å². The maximum absolute atomic E-state index is 13.2. The van der Waals surface area contributed by atoms with Crippen LogP contribution in [0.1, 0.15) is 484 Å². The number of aliphatic hydroxyl groups excluding tert-OH is 1. The number of esters is 4. The lowest BCUT2D eigenvalue weighted by atomic mass is 10.0. The number of unbranched alkanes of at least 4 members (excludes halogenated alkanes) is 61. The van der Waals surface area contributed by atoms with Crippen molar-refractivity contribution in [1.29, 1.82) is 0 Å². The molecular formula is C89H174O17P2. The van der Waals surface area contributed by atoms with Crippen LogP contribution in [0.5, 0.6) is 0 Å². The van der Waals surface area contributed by atoms with Crippen molar-refractivity contribution in [2.75, 3.05) is 39.6 Å². The monoisotopic (exact) mass is 1580 g/mol. The second kappa shape index (κ2) is 81.6. The van der Waals surface area contributed by atoms with Gasteiger partial charge in [-0.2, -0.15) is 0 Å². The van der Waals surface area contributed by atoms with Crippen LogP contribution in [0, 0.1) is 5.92 Å². The molecule has 3 N–H and O–H groups in total. The maximum Gasteiger partial charge on any atom is 0.472 e. The Bertz CT molecular complexity index is 2050. The van der Waals surface area contributed by atoms with E-state index < -0.39 is 97.5 Å². The summed E-state index contributed by atoms with van der Waals surface area (Å²) in [6.45, 7) is 7.39. The molecule has 0 aromatic carbocycles. The zero-order chi connectivity index (χ0) is 79.0. The Morgan fingerprint density at radius 1 is 0.250 bits per heavy atom. The average molecular weight is 1580 g/mol. The first-order chi connectivity index (χ1) is 52.5. The van der Waals surface area contributed by atoms with Crippen LogP contribution >= 0.6 is 15.6 Å². The number of phosphoric ester groups is 2. The van der Waals surface area contributed by atoms with Gasteiger partial charge in [-0.05, 0) is 31.6 Å². The van der Waals surface area contributed by atoms with Crippen LogP contribution in [0.4, 0.5) is 0 Å². The van der Waals surface area contributed by atoms with Crippen molar-refractivity contribution in [3.8, 4) is 0 Å². The fourth-order valence-electron chi connectivity index (χ4n) is 14.0. The van der Waals surface area contributed by atoms with E-state index in [1.165, 1.54) is 308 Å². The van der Waals surface area contributed by atoms with Gasteiger partial charge in [-0.1, -0.05) is 433 Å². The van der Waals surface area contributed by atoms with Crippen molar-refractivity contribution < 1.29 is 80.2 Å². The maximum atomic E-state index is 13.2. The van der Waals surface area contributed by atoms with E-state index in [2.05, 4.69) is 34.6 Å². The lowest BCUT2D eigenvalue weighted by molar-refractivity contribution is -0.161. The minimum Gasteiger partial charge on any atom is -0.462 e. The average Bonchev–Trinajstić information content (AvgIpc) is 0.932. The second-order valence-electron chi connectivity index (χ2n) is 32.5. The van der Waals surface area contributed by atoms with Gasteiger partial charge in [0, 0.05) is 25.7 Å². The van der Waals surface area contributed by atoms with Crippen LogP contribution in [0.25, 0.3) is 0 Å². The van der Waals surface area contributed by atoms with E-state index in [1.807, 2.05) is 0 Å². The number of carbonyl (C=O) groups excluding carboxylic acids is 4. The molecule has 0 aromatic heterocycles. The predicted octanol–water partition coefficient (Wildman–Crippen LogP) is 27.5. The fraction of sp³-hybridized carbons (Fsp3) is 0.955. The minimum absolute atomic E-state index is 0.108. The Morgan fingerprint density at radius 2 is 0.426 bits per heavy atom. The normalized spacial score (nSPS) is 13.7. The van der Waals surface area contributed by atoms with Crippen LogP contribution in [0.3, 0.4) is 0 Å².